The zero-order valence-electron chi connectivity index (χ0n) is 5.87. The Hall–Kier alpha value is -0.480. The molecule has 0 aliphatic carbocycles. The van der Waals surface area contributed by atoms with Gasteiger partial charge in [0.2, 0.25) is 0 Å². The highest BCUT2D eigenvalue weighted by molar-refractivity contribution is 9.11. The van der Waals surface area contributed by atoms with Gasteiger partial charge in [-0.3, -0.25) is 4.79 Å². The fourth-order valence-corrected chi connectivity index (χ4v) is 1.53. The minimum Gasteiger partial charge on any atom is -0.295 e. The highest BCUT2D eigenvalue weighted by Gasteiger charge is 1.93. The van der Waals surface area contributed by atoms with Gasteiger partial charge in [0.1, 0.15) is 0 Å². The van der Waals surface area contributed by atoms with Crippen LogP contribution in [-0.4, -0.2) is 10.8 Å². The molecule has 0 aromatic carbocycles. The minimum atomic E-state index is 0.0362. The normalized spacial score (nSPS) is 10.7. The molecule has 58 valence electrons. The molecule has 0 aliphatic heterocycles. The van der Waals surface area contributed by atoms with Crippen LogP contribution in [-0.2, 0) is 4.79 Å². The van der Waals surface area contributed by atoms with Crippen LogP contribution in [0.15, 0.2) is 15.4 Å². The summed E-state index contributed by atoms with van der Waals surface area (Å²) >= 11 is 4.73. The van der Waals surface area contributed by atoms with Crippen LogP contribution in [0.5, 0.6) is 0 Å². The van der Waals surface area contributed by atoms with E-state index < -0.39 is 0 Å². The van der Waals surface area contributed by atoms with Crippen molar-refractivity contribution in [2.24, 2.45) is 0 Å². The van der Waals surface area contributed by atoms with Crippen molar-refractivity contribution in [1.29, 1.82) is 0 Å². The van der Waals surface area contributed by atoms with E-state index in [4.69, 9.17) is 0 Å². The molecule has 4 heteroatoms. The maximum Gasteiger partial charge on any atom is 0.159 e. The third-order valence-electron chi connectivity index (χ3n) is 0.983. The standard InChI is InChI=1S/C7H6BrNOS/c1-5(10)2-3-6-4-11-7(8)9-6/h2-4H,1H3/b3-2+. The molecule has 0 unspecified atom stereocenters. The van der Waals surface area contributed by atoms with Gasteiger partial charge in [-0.15, -0.1) is 11.3 Å². The molecule has 0 amide bonds. The summed E-state index contributed by atoms with van der Waals surface area (Å²) in [5, 5.41) is 1.88. The number of hydrogen-bond donors (Lipinski definition) is 0. The van der Waals surface area contributed by atoms with Gasteiger partial charge in [0, 0.05) is 5.38 Å². The monoisotopic (exact) mass is 231 g/mol. The lowest BCUT2D eigenvalue weighted by Gasteiger charge is -1.79. The van der Waals surface area contributed by atoms with Crippen molar-refractivity contribution < 1.29 is 4.79 Å². The summed E-state index contributed by atoms with van der Waals surface area (Å²) in [6.45, 7) is 1.51. The van der Waals surface area contributed by atoms with Crippen molar-refractivity contribution in [3.8, 4) is 0 Å². The largest absolute Gasteiger partial charge is 0.295 e. The van der Waals surface area contributed by atoms with Crippen molar-refractivity contribution in [2.45, 2.75) is 6.92 Å². The Bertz CT molecular complexity index is 292. The molecule has 0 aliphatic rings. The molecule has 1 aromatic heterocycles. The molecule has 2 nitrogen and oxygen atoms in total. The van der Waals surface area contributed by atoms with Crippen LogP contribution < -0.4 is 0 Å². The van der Waals surface area contributed by atoms with Gasteiger partial charge in [-0.2, -0.15) is 0 Å². The molecule has 0 saturated carbocycles. The molecule has 1 heterocycles. The Balaban J connectivity index is 2.71. The molecule has 0 atom stereocenters. The quantitative estimate of drug-likeness (QED) is 0.733. The van der Waals surface area contributed by atoms with Gasteiger partial charge in [-0.25, -0.2) is 4.98 Å². The summed E-state index contributed by atoms with van der Waals surface area (Å²) in [6.07, 6.45) is 3.20. The van der Waals surface area contributed by atoms with E-state index in [1.165, 1.54) is 24.3 Å². The number of rotatable bonds is 2. The maximum atomic E-state index is 10.5. The van der Waals surface area contributed by atoms with Crippen LogP contribution >= 0.6 is 27.3 Å². The lowest BCUT2D eigenvalue weighted by atomic mass is 10.3. The van der Waals surface area contributed by atoms with E-state index in [0.29, 0.717) is 0 Å². The first-order chi connectivity index (χ1) is 5.18. The molecule has 11 heavy (non-hydrogen) atoms. The van der Waals surface area contributed by atoms with Gasteiger partial charge in [0.05, 0.1) is 5.69 Å². The number of nitrogens with zero attached hydrogens (tertiary/aromatic N) is 1. The first-order valence-corrected chi connectivity index (χ1v) is 4.65. The molecule has 0 bridgehead atoms. The SMILES string of the molecule is CC(=O)/C=C/c1csc(Br)n1. The fourth-order valence-electron chi connectivity index (χ4n) is 0.542. The third kappa shape index (κ3) is 2.95. The fraction of sp³-hybridized carbons (Fsp3) is 0.143. The molecule has 0 N–H and O–H groups in total. The van der Waals surface area contributed by atoms with Gasteiger partial charge < -0.3 is 0 Å². The molecule has 0 fully saturated rings. The van der Waals surface area contributed by atoms with Crippen LogP contribution in [0.3, 0.4) is 0 Å². The number of carbonyl (C=O) groups excluding carboxylic acids is 1. The molecule has 1 aromatic rings. The minimum absolute atomic E-state index is 0.0362. The second-order valence-electron chi connectivity index (χ2n) is 1.97. The third-order valence-corrected chi connectivity index (χ3v) is 2.37. The van der Waals surface area contributed by atoms with E-state index in [2.05, 4.69) is 20.9 Å². The summed E-state index contributed by atoms with van der Waals surface area (Å²) in [5.74, 6) is 0.0362. The molecule has 1 rings (SSSR count). The van der Waals surface area contributed by atoms with Crippen molar-refractivity contribution in [1.82, 2.24) is 4.98 Å². The second kappa shape index (κ2) is 3.78. The lowest BCUT2D eigenvalue weighted by molar-refractivity contribution is -0.112. The van der Waals surface area contributed by atoms with E-state index in [1.54, 1.807) is 6.08 Å². The van der Waals surface area contributed by atoms with Crippen molar-refractivity contribution in [3.05, 3.63) is 21.1 Å². The lowest BCUT2D eigenvalue weighted by Crippen LogP contribution is -1.79. The van der Waals surface area contributed by atoms with E-state index in [1.807, 2.05) is 5.38 Å². The summed E-state index contributed by atoms with van der Waals surface area (Å²) in [4.78, 5) is 14.6. The summed E-state index contributed by atoms with van der Waals surface area (Å²) in [7, 11) is 0. The number of halogens is 1. The highest BCUT2D eigenvalue weighted by Crippen LogP contribution is 2.16. The van der Waals surface area contributed by atoms with Crippen molar-refractivity contribution in [2.75, 3.05) is 0 Å². The Kier molecular flexibility index (Phi) is 2.96. The molecule has 0 saturated heterocycles. The van der Waals surface area contributed by atoms with Gasteiger partial charge in [0.25, 0.3) is 0 Å². The average Bonchev–Trinajstić information content (AvgIpc) is 2.31. The van der Waals surface area contributed by atoms with Crippen molar-refractivity contribution >= 4 is 39.1 Å². The number of ketones is 1. The zero-order valence-corrected chi connectivity index (χ0v) is 8.28. The van der Waals surface area contributed by atoms with Crippen LogP contribution in [0.1, 0.15) is 12.6 Å². The van der Waals surface area contributed by atoms with E-state index >= 15 is 0 Å². The number of thiazole rings is 1. The van der Waals surface area contributed by atoms with Crippen LogP contribution in [0.4, 0.5) is 0 Å². The average molecular weight is 232 g/mol. The topological polar surface area (TPSA) is 30.0 Å². The van der Waals surface area contributed by atoms with E-state index in [-0.39, 0.29) is 5.78 Å². The number of allylic oxidation sites excluding steroid dienone is 1. The summed E-state index contributed by atoms with van der Waals surface area (Å²) < 4.78 is 0.834. The van der Waals surface area contributed by atoms with Gasteiger partial charge in [-0.1, -0.05) is 0 Å². The predicted octanol–water partition coefficient (Wildman–Crippen LogP) is 2.51. The van der Waals surface area contributed by atoms with Crippen LogP contribution in [0.25, 0.3) is 6.08 Å². The smallest absolute Gasteiger partial charge is 0.159 e. The number of hydrogen-bond acceptors (Lipinski definition) is 3. The van der Waals surface area contributed by atoms with Gasteiger partial charge in [0.15, 0.2) is 9.70 Å². The van der Waals surface area contributed by atoms with Gasteiger partial charge in [-0.05, 0) is 35.0 Å². The Labute approximate surface area is 77.1 Å². The summed E-state index contributed by atoms with van der Waals surface area (Å²) in [5.41, 5.74) is 0.817. The first-order valence-electron chi connectivity index (χ1n) is 2.98. The zero-order chi connectivity index (χ0) is 8.27. The second-order valence-corrected chi connectivity index (χ2v) is 4.10. The Morgan fingerprint density at radius 2 is 2.55 bits per heavy atom. The van der Waals surface area contributed by atoms with E-state index in [9.17, 15) is 4.79 Å². The van der Waals surface area contributed by atoms with Gasteiger partial charge >= 0.3 is 0 Å². The molecular weight excluding hydrogens is 226 g/mol. The summed E-state index contributed by atoms with van der Waals surface area (Å²) in [6, 6.07) is 0. The van der Waals surface area contributed by atoms with E-state index in [0.717, 1.165) is 9.61 Å². The Morgan fingerprint density at radius 1 is 1.82 bits per heavy atom. The van der Waals surface area contributed by atoms with Crippen molar-refractivity contribution in [3.63, 3.8) is 0 Å². The predicted molar refractivity (Wildman–Crippen MR) is 49.5 cm³/mol. The van der Waals surface area contributed by atoms with Crippen LogP contribution in [0, 0.1) is 0 Å². The first kappa shape index (κ1) is 8.62. The molecular formula is C7H6BrNOS. The highest BCUT2D eigenvalue weighted by atomic mass is 79.9. The van der Waals surface area contributed by atoms with Crippen LogP contribution in [0.2, 0.25) is 0 Å². The Morgan fingerprint density at radius 3 is 3.00 bits per heavy atom. The maximum absolute atomic E-state index is 10.5. The molecule has 0 radical (unpaired) electrons. The number of aromatic nitrogens is 1. The molecule has 0 spiro atoms. The number of carbonyl (C=O) groups is 1.